The highest BCUT2D eigenvalue weighted by molar-refractivity contribution is 7.89. The molecular formula is C28H39N3O3S. The van der Waals surface area contributed by atoms with Gasteiger partial charge in [-0.2, -0.15) is 0 Å². The number of hydrogen-bond acceptors (Lipinski definition) is 4. The number of nitrogens with one attached hydrogen (secondary N) is 1. The Balaban J connectivity index is 1.24. The third-order valence-corrected chi connectivity index (χ3v) is 9.09. The molecule has 6 nitrogen and oxygen atoms in total. The Morgan fingerprint density at radius 2 is 1.63 bits per heavy atom. The highest BCUT2D eigenvalue weighted by atomic mass is 32.2. The molecule has 0 unspecified atom stereocenters. The van der Waals surface area contributed by atoms with Gasteiger partial charge < -0.3 is 5.32 Å². The predicted molar refractivity (Wildman–Crippen MR) is 140 cm³/mol. The van der Waals surface area contributed by atoms with Crippen molar-refractivity contribution in [2.75, 3.05) is 31.9 Å². The fourth-order valence-corrected chi connectivity index (χ4v) is 6.77. The lowest BCUT2D eigenvalue weighted by atomic mass is 9.98. The summed E-state index contributed by atoms with van der Waals surface area (Å²) in [4.78, 5) is 15.4. The van der Waals surface area contributed by atoms with Crippen molar-refractivity contribution in [1.29, 1.82) is 0 Å². The molecule has 35 heavy (non-hydrogen) atoms. The maximum atomic E-state index is 12.9. The molecule has 0 bridgehead atoms. The zero-order valence-electron chi connectivity index (χ0n) is 20.7. The predicted octanol–water partition coefficient (Wildman–Crippen LogP) is 3.96. The molecule has 1 atom stereocenters. The molecule has 0 radical (unpaired) electrons. The SMILES string of the molecule is O=C(NCc1cccc(CN2CCCCC2)c1)[C@H]1CCCN(S(=O)(=O)CCCc2ccccc2)C1. The average molecular weight is 498 g/mol. The van der Waals surface area contributed by atoms with Gasteiger partial charge in [0.1, 0.15) is 0 Å². The number of rotatable bonds is 10. The second-order valence-corrected chi connectivity index (χ2v) is 12.1. The van der Waals surface area contributed by atoms with Crippen molar-refractivity contribution in [2.45, 2.75) is 58.0 Å². The second kappa shape index (κ2) is 12.7. The molecule has 7 heteroatoms. The topological polar surface area (TPSA) is 69.7 Å². The maximum Gasteiger partial charge on any atom is 0.224 e. The summed E-state index contributed by atoms with van der Waals surface area (Å²) in [5.41, 5.74) is 3.52. The van der Waals surface area contributed by atoms with E-state index in [1.54, 1.807) is 0 Å². The van der Waals surface area contributed by atoms with Crippen molar-refractivity contribution in [3.63, 3.8) is 0 Å². The molecule has 0 spiro atoms. The van der Waals surface area contributed by atoms with Crippen molar-refractivity contribution >= 4 is 15.9 Å². The molecule has 0 saturated carbocycles. The molecule has 0 aliphatic carbocycles. The van der Waals surface area contributed by atoms with Crippen molar-refractivity contribution in [3.8, 4) is 0 Å². The highest BCUT2D eigenvalue weighted by Gasteiger charge is 2.32. The number of carbonyl (C=O) groups excluding carboxylic acids is 1. The molecule has 2 fully saturated rings. The number of benzene rings is 2. The van der Waals surface area contributed by atoms with E-state index in [9.17, 15) is 13.2 Å². The van der Waals surface area contributed by atoms with Crippen LogP contribution in [-0.2, 0) is 34.3 Å². The quantitative estimate of drug-likeness (QED) is 0.539. The standard InChI is InChI=1S/C28H39N3O3S/c32-28(29-21-25-12-7-13-26(20-25)22-30-16-5-2-6-17-30)27-15-8-18-31(23-27)35(33,34)19-9-14-24-10-3-1-4-11-24/h1,3-4,7,10-13,20,27H,2,5-6,8-9,14-19,21-23H2,(H,29,32)/t27-/m0/s1. The van der Waals surface area contributed by atoms with Crippen LogP contribution in [-0.4, -0.2) is 55.5 Å². The first kappa shape index (κ1) is 25.9. The molecule has 2 saturated heterocycles. The van der Waals surface area contributed by atoms with Crippen molar-refractivity contribution in [3.05, 3.63) is 71.3 Å². The van der Waals surface area contributed by atoms with Gasteiger partial charge in [-0.05, 0) is 68.3 Å². The van der Waals surface area contributed by atoms with Gasteiger partial charge in [0.05, 0.1) is 11.7 Å². The van der Waals surface area contributed by atoms with E-state index < -0.39 is 10.0 Å². The largest absolute Gasteiger partial charge is 0.352 e. The summed E-state index contributed by atoms with van der Waals surface area (Å²) in [5.74, 6) is -0.208. The number of hydrogen-bond donors (Lipinski definition) is 1. The summed E-state index contributed by atoms with van der Waals surface area (Å²) in [5, 5.41) is 3.06. The first-order chi connectivity index (χ1) is 17.0. The number of sulfonamides is 1. The Bertz CT molecular complexity index is 1050. The van der Waals surface area contributed by atoms with Gasteiger partial charge in [-0.15, -0.1) is 0 Å². The fraction of sp³-hybridized carbons (Fsp3) is 0.536. The van der Waals surface area contributed by atoms with Crippen LogP contribution in [0.1, 0.15) is 55.2 Å². The van der Waals surface area contributed by atoms with Crippen molar-refractivity contribution in [1.82, 2.24) is 14.5 Å². The molecule has 2 aromatic rings. The Morgan fingerprint density at radius 1 is 0.886 bits per heavy atom. The average Bonchev–Trinajstić information content (AvgIpc) is 2.89. The number of nitrogens with zero attached hydrogens (tertiary/aromatic N) is 2. The number of amides is 1. The van der Waals surface area contributed by atoms with Gasteiger partial charge in [0.25, 0.3) is 0 Å². The highest BCUT2D eigenvalue weighted by Crippen LogP contribution is 2.21. The van der Waals surface area contributed by atoms with Crippen molar-refractivity contribution in [2.24, 2.45) is 5.92 Å². The molecular weight excluding hydrogens is 458 g/mol. The summed E-state index contributed by atoms with van der Waals surface area (Å²) in [6, 6.07) is 18.4. The van der Waals surface area contributed by atoms with Gasteiger partial charge in [-0.3, -0.25) is 9.69 Å². The second-order valence-electron chi connectivity index (χ2n) is 9.98. The van der Waals surface area contributed by atoms with Gasteiger partial charge in [-0.1, -0.05) is 61.0 Å². The summed E-state index contributed by atoms with van der Waals surface area (Å²) in [6.07, 6.45) is 6.67. The van der Waals surface area contributed by atoms with Crippen LogP contribution in [0.5, 0.6) is 0 Å². The van der Waals surface area contributed by atoms with Gasteiger partial charge in [-0.25, -0.2) is 12.7 Å². The minimum Gasteiger partial charge on any atom is -0.352 e. The summed E-state index contributed by atoms with van der Waals surface area (Å²) in [7, 11) is -3.36. The van der Waals surface area contributed by atoms with Crippen LogP contribution in [0.25, 0.3) is 0 Å². The van der Waals surface area contributed by atoms with Crippen LogP contribution in [0.3, 0.4) is 0 Å². The van der Waals surface area contributed by atoms with Gasteiger partial charge in [0.2, 0.25) is 15.9 Å². The molecule has 2 heterocycles. The number of aryl methyl sites for hydroxylation is 1. The van der Waals surface area contributed by atoms with E-state index in [0.29, 0.717) is 19.5 Å². The Labute approximate surface area is 210 Å². The zero-order chi connectivity index (χ0) is 24.5. The third-order valence-electron chi connectivity index (χ3n) is 7.17. The van der Waals surface area contributed by atoms with Crippen LogP contribution in [0.2, 0.25) is 0 Å². The molecule has 2 aliphatic heterocycles. The van der Waals surface area contributed by atoms with Crippen LogP contribution < -0.4 is 5.32 Å². The molecule has 2 aliphatic rings. The fourth-order valence-electron chi connectivity index (χ4n) is 5.19. The Hall–Kier alpha value is -2.22. The Morgan fingerprint density at radius 3 is 2.43 bits per heavy atom. The lowest BCUT2D eigenvalue weighted by Crippen LogP contribution is -2.46. The van der Waals surface area contributed by atoms with Gasteiger partial charge in [0, 0.05) is 26.2 Å². The van der Waals surface area contributed by atoms with E-state index in [1.165, 1.54) is 29.1 Å². The molecule has 1 N–H and O–H groups in total. The van der Waals surface area contributed by atoms with E-state index in [4.69, 9.17) is 0 Å². The summed E-state index contributed by atoms with van der Waals surface area (Å²) >= 11 is 0. The molecule has 0 aromatic heterocycles. The van der Waals surface area contributed by atoms with Gasteiger partial charge >= 0.3 is 0 Å². The minimum absolute atomic E-state index is 0.0457. The van der Waals surface area contributed by atoms with Gasteiger partial charge in [0.15, 0.2) is 0 Å². The first-order valence-electron chi connectivity index (χ1n) is 13.1. The first-order valence-corrected chi connectivity index (χ1v) is 14.7. The van der Waals surface area contributed by atoms with E-state index in [-0.39, 0.29) is 24.1 Å². The molecule has 2 aromatic carbocycles. The van der Waals surface area contributed by atoms with Crippen molar-refractivity contribution < 1.29 is 13.2 Å². The molecule has 4 rings (SSSR count). The van der Waals surface area contributed by atoms with Crippen LogP contribution >= 0.6 is 0 Å². The smallest absolute Gasteiger partial charge is 0.224 e. The normalized spacial score (nSPS) is 19.9. The zero-order valence-corrected chi connectivity index (χ0v) is 21.5. The summed E-state index contributed by atoms with van der Waals surface area (Å²) in [6.45, 7) is 4.56. The number of likely N-dealkylation sites (tertiary alicyclic amines) is 1. The summed E-state index contributed by atoms with van der Waals surface area (Å²) < 4.78 is 27.4. The van der Waals surface area contributed by atoms with E-state index >= 15 is 0 Å². The number of piperidine rings is 2. The third kappa shape index (κ3) is 7.89. The van der Waals surface area contributed by atoms with Crippen LogP contribution in [0.15, 0.2) is 54.6 Å². The van der Waals surface area contributed by atoms with E-state index in [2.05, 4.69) is 28.4 Å². The molecule has 190 valence electrons. The van der Waals surface area contributed by atoms with E-state index in [0.717, 1.165) is 50.0 Å². The lowest BCUT2D eigenvalue weighted by molar-refractivity contribution is -0.126. The molecule has 1 amide bonds. The maximum absolute atomic E-state index is 12.9. The monoisotopic (exact) mass is 497 g/mol. The lowest BCUT2D eigenvalue weighted by Gasteiger charge is -2.31. The number of carbonyl (C=O) groups is 1. The van der Waals surface area contributed by atoms with Crippen LogP contribution in [0, 0.1) is 5.92 Å². The Kier molecular flexibility index (Phi) is 9.35. The van der Waals surface area contributed by atoms with E-state index in [1.807, 2.05) is 36.4 Å². The minimum atomic E-state index is -3.36. The van der Waals surface area contributed by atoms with Crippen LogP contribution in [0.4, 0.5) is 0 Å².